The molecular weight excluding hydrogens is 424 g/mol. The Bertz CT molecular complexity index is 1360. The van der Waals surface area contributed by atoms with Gasteiger partial charge in [0.15, 0.2) is 9.84 Å². The van der Waals surface area contributed by atoms with Crippen molar-refractivity contribution >= 4 is 27.2 Å². The number of nitrogens with zero attached hydrogens (tertiary/aromatic N) is 3. The minimum atomic E-state index is -3.33. The molecule has 7 nitrogen and oxygen atoms in total. The highest BCUT2D eigenvalue weighted by molar-refractivity contribution is 7.92. The lowest BCUT2D eigenvalue weighted by molar-refractivity contribution is -0.115. The lowest BCUT2D eigenvalue weighted by atomic mass is 10.1. The number of benzene rings is 2. The predicted octanol–water partition coefficient (Wildman–Crippen LogP) is 4.07. The number of aryl methyl sites for hydroxylation is 1. The first kappa shape index (κ1) is 21.7. The molecule has 0 radical (unpaired) electrons. The van der Waals surface area contributed by atoms with Crippen LogP contribution in [-0.2, 0) is 21.1 Å². The maximum atomic E-state index is 12.7. The standard InChI is InChI=1S/C24H24N4O3S/c1-16(2)32(30,31)20-9-6-18(7-10-20)13-23(29)26-21-14-19(8-5-17(21)3)22-15-28-12-4-11-25-24(28)27-22/h4-12,14-16H,13H2,1-3H3,(H,26,29). The minimum Gasteiger partial charge on any atom is -0.326 e. The molecule has 0 bridgehead atoms. The monoisotopic (exact) mass is 448 g/mol. The second-order valence-corrected chi connectivity index (χ2v) is 10.4. The van der Waals surface area contributed by atoms with E-state index in [0.29, 0.717) is 11.5 Å². The number of aromatic nitrogens is 3. The molecule has 8 heteroatoms. The van der Waals surface area contributed by atoms with Crippen molar-refractivity contribution in [1.82, 2.24) is 14.4 Å². The molecule has 4 aromatic rings. The van der Waals surface area contributed by atoms with Gasteiger partial charge in [0.2, 0.25) is 11.7 Å². The molecule has 2 aromatic carbocycles. The Kier molecular flexibility index (Phi) is 5.80. The highest BCUT2D eigenvalue weighted by atomic mass is 32.2. The number of imidazole rings is 1. The van der Waals surface area contributed by atoms with Gasteiger partial charge in [0, 0.05) is 29.8 Å². The van der Waals surface area contributed by atoms with Crippen LogP contribution in [0.2, 0.25) is 0 Å². The topological polar surface area (TPSA) is 93.4 Å². The summed E-state index contributed by atoms with van der Waals surface area (Å²) in [5, 5.41) is 2.47. The molecule has 0 unspecified atom stereocenters. The summed E-state index contributed by atoms with van der Waals surface area (Å²) in [6, 6.07) is 14.1. The van der Waals surface area contributed by atoms with Gasteiger partial charge in [0.05, 0.1) is 22.3 Å². The number of carbonyl (C=O) groups is 1. The minimum absolute atomic E-state index is 0.143. The molecule has 0 aliphatic rings. The summed E-state index contributed by atoms with van der Waals surface area (Å²) in [7, 11) is -3.33. The lowest BCUT2D eigenvalue weighted by Crippen LogP contribution is -2.16. The van der Waals surface area contributed by atoms with E-state index in [1.807, 2.05) is 48.0 Å². The summed E-state index contributed by atoms with van der Waals surface area (Å²) in [5.74, 6) is 0.429. The van der Waals surface area contributed by atoms with E-state index in [-0.39, 0.29) is 17.2 Å². The fourth-order valence-corrected chi connectivity index (χ4v) is 4.39. The Morgan fingerprint density at radius 2 is 1.88 bits per heavy atom. The van der Waals surface area contributed by atoms with Crippen LogP contribution in [0.5, 0.6) is 0 Å². The SMILES string of the molecule is Cc1ccc(-c2cn3cccnc3n2)cc1NC(=O)Cc1ccc(S(=O)(=O)C(C)C)cc1. The van der Waals surface area contributed by atoms with E-state index in [1.165, 1.54) is 0 Å². The predicted molar refractivity (Wildman–Crippen MR) is 124 cm³/mol. The van der Waals surface area contributed by atoms with Crippen LogP contribution in [0.25, 0.3) is 17.0 Å². The van der Waals surface area contributed by atoms with Gasteiger partial charge in [-0.3, -0.25) is 9.20 Å². The van der Waals surface area contributed by atoms with Crippen molar-refractivity contribution < 1.29 is 13.2 Å². The third-order valence-electron chi connectivity index (χ3n) is 5.28. The van der Waals surface area contributed by atoms with Crippen molar-refractivity contribution in [3.8, 4) is 11.3 Å². The first-order valence-electron chi connectivity index (χ1n) is 10.3. The summed E-state index contributed by atoms with van der Waals surface area (Å²) in [6.45, 7) is 5.22. The molecule has 0 saturated carbocycles. The van der Waals surface area contributed by atoms with Gasteiger partial charge in [-0.15, -0.1) is 0 Å². The van der Waals surface area contributed by atoms with Gasteiger partial charge in [-0.1, -0.05) is 24.3 Å². The normalized spacial score (nSPS) is 11.8. The van der Waals surface area contributed by atoms with E-state index >= 15 is 0 Å². The van der Waals surface area contributed by atoms with Gasteiger partial charge in [-0.2, -0.15) is 0 Å². The molecule has 4 rings (SSSR count). The molecular formula is C24H24N4O3S. The molecule has 0 fully saturated rings. The van der Waals surface area contributed by atoms with Gasteiger partial charge in [-0.05, 0) is 56.2 Å². The average Bonchev–Trinajstić information content (AvgIpc) is 3.20. The Morgan fingerprint density at radius 1 is 1.12 bits per heavy atom. The Hall–Kier alpha value is -3.52. The zero-order valence-electron chi connectivity index (χ0n) is 18.1. The van der Waals surface area contributed by atoms with E-state index in [9.17, 15) is 13.2 Å². The third kappa shape index (κ3) is 4.40. The summed E-state index contributed by atoms with van der Waals surface area (Å²) in [4.78, 5) is 21.7. The van der Waals surface area contributed by atoms with E-state index in [0.717, 1.165) is 22.4 Å². The van der Waals surface area contributed by atoms with Crippen molar-refractivity contribution in [1.29, 1.82) is 0 Å². The van der Waals surface area contributed by atoms with Crippen LogP contribution < -0.4 is 5.32 Å². The first-order chi connectivity index (χ1) is 15.2. The molecule has 0 saturated heterocycles. The number of hydrogen-bond acceptors (Lipinski definition) is 5. The Labute approximate surface area is 187 Å². The van der Waals surface area contributed by atoms with Crippen molar-refractivity contribution in [3.63, 3.8) is 0 Å². The van der Waals surface area contributed by atoms with E-state index in [1.54, 1.807) is 44.3 Å². The fraction of sp³-hybridized carbons (Fsp3) is 0.208. The van der Waals surface area contributed by atoms with Crippen LogP contribution in [0.15, 0.2) is 72.0 Å². The van der Waals surface area contributed by atoms with E-state index in [2.05, 4.69) is 15.3 Å². The second-order valence-electron chi connectivity index (χ2n) is 7.95. The van der Waals surface area contributed by atoms with Crippen LogP contribution in [0.3, 0.4) is 0 Å². The smallest absolute Gasteiger partial charge is 0.234 e. The number of carbonyl (C=O) groups excluding carboxylic acids is 1. The summed E-state index contributed by atoms with van der Waals surface area (Å²) in [6.07, 6.45) is 5.61. The number of fused-ring (bicyclic) bond motifs is 1. The van der Waals surface area contributed by atoms with E-state index in [4.69, 9.17) is 0 Å². The van der Waals surface area contributed by atoms with Crippen LogP contribution in [0.4, 0.5) is 5.69 Å². The van der Waals surface area contributed by atoms with E-state index < -0.39 is 15.1 Å². The molecule has 164 valence electrons. The van der Waals surface area contributed by atoms with Crippen LogP contribution in [0, 0.1) is 6.92 Å². The molecule has 0 aliphatic heterocycles. The van der Waals surface area contributed by atoms with Crippen LogP contribution in [0.1, 0.15) is 25.0 Å². The molecule has 0 spiro atoms. The summed E-state index contributed by atoms with van der Waals surface area (Å²) < 4.78 is 26.4. The molecule has 0 aliphatic carbocycles. The number of rotatable bonds is 6. The zero-order chi connectivity index (χ0) is 22.9. The van der Waals surface area contributed by atoms with Gasteiger partial charge < -0.3 is 5.32 Å². The zero-order valence-corrected chi connectivity index (χ0v) is 18.9. The number of sulfone groups is 1. The third-order valence-corrected chi connectivity index (χ3v) is 7.45. The van der Waals surface area contributed by atoms with Crippen molar-refractivity contribution in [2.75, 3.05) is 5.32 Å². The van der Waals surface area contributed by atoms with Crippen molar-refractivity contribution in [3.05, 3.63) is 78.2 Å². The van der Waals surface area contributed by atoms with Crippen molar-refractivity contribution in [2.45, 2.75) is 37.3 Å². The highest BCUT2D eigenvalue weighted by Crippen LogP contribution is 2.25. The second kappa shape index (κ2) is 8.55. The average molecular weight is 449 g/mol. The molecule has 1 amide bonds. The Morgan fingerprint density at radius 3 is 2.56 bits per heavy atom. The van der Waals surface area contributed by atoms with Gasteiger partial charge >= 0.3 is 0 Å². The molecule has 2 aromatic heterocycles. The Balaban J connectivity index is 1.50. The number of anilines is 1. The maximum absolute atomic E-state index is 12.7. The lowest BCUT2D eigenvalue weighted by Gasteiger charge is -2.11. The fourth-order valence-electron chi connectivity index (χ4n) is 3.33. The first-order valence-corrected chi connectivity index (χ1v) is 11.8. The van der Waals surface area contributed by atoms with Gasteiger partial charge in [-0.25, -0.2) is 18.4 Å². The van der Waals surface area contributed by atoms with Gasteiger partial charge in [0.1, 0.15) is 0 Å². The molecule has 2 heterocycles. The summed E-state index contributed by atoms with van der Waals surface area (Å²) in [5.41, 5.74) is 4.02. The van der Waals surface area contributed by atoms with Gasteiger partial charge in [0.25, 0.3) is 0 Å². The maximum Gasteiger partial charge on any atom is 0.234 e. The van der Waals surface area contributed by atoms with Crippen LogP contribution in [-0.4, -0.2) is 33.9 Å². The quantitative estimate of drug-likeness (QED) is 0.480. The largest absolute Gasteiger partial charge is 0.326 e. The number of hydrogen-bond donors (Lipinski definition) is 1. The summed E-state index contributed by atoms with van der Waals surface area (Å²) >= 11 is 0. The molecule has 1 N–H and O–H groups in total. The van der Waals surface area contributed by atoms with Crippen LogP contribution >= 0.6 is 0 Å². The number of amides is 1. The van der Waals surface area contributed by atoms with Crippen molar-refractivity contribution in [2.24, 2.45) is 0 Å². The highest BCUT2D eigenvalue weighted by Gasteiger charge is 2.19. The molecule has 0 atom stereocenters. The number of nitrogens with one attached hydrogen (secondary N) is 1. The molecule has 32 heavy (non-hydrogen) atoms.